The summed E-state index contributed by atoms with van der Waals surface area (Å²) in [4.78, 5) is 12.4. The summed E-state index contributed by atoms with van der Waals surface area (Å²) in [6.45, 7) is 5.22. The quantitative estimate of drug-likeness (QED) is 0.706. The van der Waals surface area contributed by atoms with Gasteiger partial charge in [0.2, 0.25) is 0 Å². The molecule has 2 N–H and O–H groups in total. The monoisotopic (exact) mass is 382 g/mol. The highest BCUT2D eigenvalue weighted by molar-refractivity contribution is 7.90. The second kappa shape index (κ2) is 7.40. The Morgan fingerprint density at radius 3 is 2.19 bits per heavy atom. The molecule has 0 fully saturated rings. The molecule has 0 aliphatic rings. The Hall–Kier alpha value is -2.86. The van der Waals surface area contributed by atoms with Crippen LogP contribution in [0.5, 0.6) is 0 Å². The van der Waals surface area contributed by atoms with Crippen LogP contribution in [0.1, 0.15) is 16.7 Å². The molecule has 0 bridgehead atoms. The molecule has 0 atom stereocenters. The molecule has 0 heterocycles. The van der Waals surface area contributed by atoms with E-state index in [0.29, 0.717) is 11.1 Å². The zero-order valence-corrected chi connectivity index (χ0v) is 16.4. The van der Waals surface area contributed by atoms with Gasteiger partial charge in [0.15, 0.2) is 0 Å². The van der Waals surface area contributed by atoms with Gasteiger partial charge in [0.05, 0.1) is 11.4 Å². The Labute approximate surface area is 159 Å². The first kappa shape index (κ1) is 18.9. The van der Waals surface area contributed by atoms with Crippen LogP contribution in [0.3, 0.4) is 0 Å². The maximum atomic E-state index is 12.6. The molecule has 0 saturated carbocycles. The molecule has 1 amide bonds. The minimum absolute atomic E-state index is 0.137. The van der Waals surface area contributed by atoms with E-state index in [1.54, 1.807) is 26.0 Å². The first-order chi connectivity index (χ1) is 12.8. The molecular formula is C21H22N2O3S. The molecule has 5 nitrogen and oxygen atoms in total. The molecule has 140 valence electrons. The van der Waals surface area contributed by atoms with Gasteiger partial charge in [-0.3, -0.25) is 4.79 Å². The highest BCUT2D eigenvalue weighted by Gasteiger charge is 2.22. The van der Waals surface area contributed by atoms with Crippen molar-refractivity contribution in [1.82, 2.24) is 4.72 Å². The van der Waals surface area contributed by atoms with Crippen LogP contribution in [0.2, 0.25) is 0 Å². The number of sulfonamides is 1. The van der Waals surface area contributed by atoms with Gasteiger partial charge < -0.3 is 5.32 Å². The van der Waals surface area contributed by atoms with Crippen LogP contribution in [-0.4, -0.2) is 20.9 Å². The van der Waals surface area contributed by atoms with Crippen molar-refractivity contribution in [2.24, 2.45) is 0 Å². The zero-order chi connectivity index (χ0) is 19.6. The lowest BCUT2D eigenvalue weighted by molar-refractivity contribution is -0.117. The molecule has 27 heavy (non-hydrogen) atoms. The van der Waals surface area contributed by atoms with E-state index in [4.69, 9.17) is 0 Å². The number of anilines is 1. The van der Waals surface area contributed by atoms with Gasteiger partial charge in [0.25, 0.3) is 15.9 Å². The van der Waals surface area contributed by atoms with Gasteiger partial charge in [-0.25, -0.2) is 13.1 Å². The summed E-state index contributed by atoms with van der Waals surface area (Å²) in [5.74, 6) is -0.609. The molecule has 0 aliphatic heterocycles. The van der Waals surface area contributed by atoms with E-state index in [9.17, 15) is 13.2 Å². The molecule has 6 heteroatoms. The van der Waals surface area contributed by atoms with E-state index in [-0.39, 0.29) is 11.4 Å². The fourth-order valence-electron chi connectivity index (χ4n) is 3.31. The predicted octanol–water partition coefficient (Wildman–Crippen LogP) is 3.68. The smallest absolute Gasteiger partial charge is 0.264 e. The van der Waals surface area contributed by atoms with Crippen molar-refractivity contribution in [2.75, 3.05) is 11.9 Å². The van der Waals surface area contributed by atoms with E-state index in [1.165, 1.54) is 0 Å². The SMILES string of the molecule is Cc1cc(C)c(S(=O)(=O)NC(=O)CNc2ccc3ccccc3c2)c(C)c1. The average molecular weight is 382 g/mol. The highest BCUT2D eigenvalue weighted by Crippen LogP contribution is 2.22. The molecule has 3 aromatic rings. The summed E-state index contributed by atoms with van der Waals surface area (Å²) < 4.78 is 27.4. The van der Waals surface area contributed by atoms with Crippen molar-refractivity contribution < 1.29 is 13.2 Å². The van der Waals surface area contributed by atoms with Gasteiger partial charge in [-0.1, -0.05) is 48.0 Å². The summed E-state index contributed by atoms with van der Waals surface area (Å²) in [7, 11) is -3.92. The van der Waals surface area contributed by atoms with Crippen molar-refractivity contribution >= 4 is 32.4 Å². The van der Waals surface area contributed by atoms with Gasteiger partial charge in [-0.05, 0) is 54.8 Å². The summed E-state index contributed by atoms with van der Waals surface area (Å²) in [5.41, 5.74) is 2.97. The fourth-order valence-corrected chi connectivity index (χ4v) is 4.75. The third-order valence-corrected chi connectivity index (χ3v) is 6.00. The largest absolute Gasteiger partial charge is 0.376 e. The van der Waals surface area contributed by atoms with Crippen molar-refractivity contribution in [3.8, 4) is 0 Å². The van der Waals surface area contributed by atoms with Gasteiger partial charge in [0, 0.05) is 5.69 Å². The molecule has 3 aromatic carbocycles. The van der Waals surface area contributed by atoms with Crippen LogP contribution in [0, 0.1) is 20.8 Å². The number of benzene rings is 3. The lowest BCUT2D eigenvalue weighted by atomic mass is 10.1. The van der Waals surface area contributed by atoms with E-state index in [0.717, 1.165) is 22.0 Å². The molecule has 0 spiro atoms. The molecular weight excluding hydrogens is 360 g/mol. The van der Waals surface area contributed by atoms with Crippen LogP contribution in [0.25, 0.3) is 10.8 Å². The van der Waals surface area contributed by atoms with Crippen molar-refractivity contribution in [3.05, 3.63) is 71.3 Å². The Balaban J connectivity index is 1.71. The highest BCUT2D eigenvalue weighted by atomic mass is 32.2. The normalized spacial score (nSPS) is 11.4. The van der Waals surface area contributed by atoms with Gasteiger partial charge in [-0.2, -0.15) is 0 Å². The van der Waals surface area contributed by atoms with E-state index in [1.807, 2.05) is 49.4 Å². The number of aryl methyl sites for hydroxylation is 3. The Morgan fingerprint density at radius 1 is 0.889 bits per heavy atom. The Bertz CT molecular complexity index is 1100. The van der Waals surface area contributed by atoms with Gasteiger partial charge >= 0.3 is 0 Å². The third kappa shape index (κ3) is 4.28. The number of rotatable bonds is 5. The number of hydrogen-bond donors (Lipinski definition) is 2. The van der Waals surface area contributed by atoms with E-state index >= 15 is 0 Å². The Morgan fingerprint density at radius 2 is 1.52 bits per heavy atom. The Kier molecular flexibility index (Phi) is 5.19. The first-order valence-corrected chi connectivity index (χ1v) is 10.1. The molecule has 3 rings (SSSR count). The maximum absolute atomic E-state index is 12.6. The number of carbonyl (C=O) groups is 1. The number of fused-ring (bicyclic) bond motifs is 1. The minimum Gasteiger partial charge on any atom is -0.376 e. The lowest BCUT2D eigenvalue weighted by Gasteiger charge is -2.13. The second-order valence-electron chi connectivity index (χ2n) is 6.67. The zero-order valence-electron chi connectivity index (χ0n) is 15.5. The van der Waals surface area contributed by atoms with Gasteiger partial charge in [-0.15, -0.1) is 0 Å². The molecule has 0 aliphatic carbocycles. The van der Waals surface area contributed by atoms with Crippen LogP contribution >= 0.6 is 0 Å². The molecule has 0 saturated heterocycles. The summed E-state index contributed by atoms with van der Waals surface area (Å²) in [5, 5.41) is 5.11. The minimum atomic E-state index is -3.92. The van der Waals surface area contributed by atoms with Crippen molar-refractivity contribution in [3.63, 3.8) is 0 Å². The first-order valence-electron chi connectivity index (χ1n) is 8.62. The van der Waals surface area contributed by atoms with Crippen molar-refractivity contribution in [2.45, 2.75) is 25.7 Å². The summed E-state index contributed by atoms with van der Waals surface area (Å²) >= 11 is 0. The standard InChI is InChI=1S/C21H22N2O3S/c1-14-10-15(2)21(16(3)11-14)27(25,26)23-20(24)13-22-19-9-8-17-6-4-5-7-18(17)12-19/h4-12,22H,13H2,1-3H3,(H,23,24). The summed E-state index contributed by atoms with van der Waals surface area (Å²) in [6.07, 6.45) is 0. The lowest BCUT2D eigenvalue weighted by Crippen LogP contribution is -2.35. The molecule has 0 unspecified atom stereocenters. The van der Waals surface area contributed by atoms with Gasteiger partial charge in [0.1, 0.15) is 0 Å². The third-order valence-electron chi connectivity index (χ3n) is 4.32. The fraction of sp³-hybridized carbons (Fsp3) is 0.190. The molecule has 0 aromatic heterocycles. The summed E-state index contributed by atoms with van der Waals surface area (Å²) in [6, 6.07) is 17.2. The number of amides is 1. The molecule has 0 radical (unpaired) electrons. The van der Waals surface area contributed by atoms with E-state index < -0.39 is 15.9 Å². The van der Waals surface area contributed by atoms with Crippen LogP contribution in [-0.2, 0) is 14.8 Å². The van der Waals surface area contributed by atoms with Crippen LogP contribution < -0.4 is 10.0 Å². The number of hydrogen-bond acceptors (Lipinski definition) is 4. The van der Waals surface area contributed by atoms with Crippen LogP contribution in [0.4, 0.5) is 5.69 Å². The average Bonchev–Trinajstić information content (AvgIpc) is 2.58. The van der Waals surface area contributed by atoms with Crippen molar-refractivity contribution in [1.29, 1.82) is 0 Å². The number of carbonyl (C=O) groups excluding carboxylic acids is 1. The van der Waals surface area contributed by atoms with Crippen LogP contribution in [0.15, 0.2) is 59.5 Å². The topological polar surface area (TPSA) is 75.3 Å². The predicted molar refractivity (Wildman–Crippen MR) is 108 cm³/mol. The second-order valence-corrected chi connectivity index (χ2v) is 8.29. The maximum Gasteiger partial charge on any atom is 0.264 e. The number of nitrogens with one attached hydrogen (secondary N) is 2. The van der Waals surface area contributed by atoms with E-state index in [2.05, 4.69) is 10.0 Å².